The second-order valence-corrected chi connectivity index (χ2v) is 9.06. The van der Waals surface area contributed by atoms with Crippen molar-refractivity contribution in [2.45, 2.75) is 57.0 Å². The third-order valence-electron chi connectivity index (χ3n) is 5.49. The second-order valence-electron chi connectivity index (χ2n) is 8.62. The normalized spacial score (nSPS) is 16.7. The van der Waals surface area contributed by atoms with Crippen molar-refractivity contribution in [1.82, 2.24) is 5.32 Å². The number of nitrogens with one attached hydrogen (secondary N) is 1. The maximum atomic E-state index is 12.3. The Labute approximate surface area is 172 Å². The predicted octanol–water partition coefficient (Wildman–Crippen LogP) is 5.65. The standard InChI is InChI=1S/C23H29ClN2O2/c1-22(2,3)28-21(27)26-15-20(16-6-4-7-19(25)14-16)23(12-5-13-23)17-8-10-18(24)11-9-17/h4,6-11,14,20H,5,12-13,15,25H2,1-3H3,(H,26,27). The number of nitrogens with two attached hydrogens (primary N) is 1. The first kappa shape index (κ1) is 20.5. The molecule has 1 aliphatic rings. The van der Waals surface area contributed by atoms with E-state index in [1.54, 1.807) is 0 Å². The molecule has 1 saturated carbocycles. The molecule has 5 heteroatoms. The molecule has 0 saturated heterocycles. The van der Waals surface area contributed by atoms with Gasteiger partial charge < -0.3 is 15.8 Å². The maximum absolute atomic E-state index is 12.3. The van der Waals surface area contributed by atoms with Crippen LogP contribution in [-0.2, 0) is 10.2 Å². The van der Waals surface area contributed by atoms with Crippen LogP contribution in [0.5, 0.6) is 0 Å². The van der Waals surface area contributed by atoms with Crippen molar-refractivity contribution in [3.63, 3.8) is 0 Å². The van der Waals surface area contributed by atoms with Crippen LogP contribution < -0.4 is 11.1 Å². The monoisotopic (exact) mass is 400 g/mol. The molecule has 0 heterocycles. The van der Waals surface area contributed by atoms with E-state index >= 15 is 0 Å². The van der Waals surface area contributed by atoms with Gasteiger partial charge in [0.05, 0.1) is 0 Å². The smallest absolute Gasteiger partial charge is 0.407 e. The minimum absolute atomic E-state index is 0.0482. The van der Waals surface area contributed by atoms with E-state index < -0.39 is 11.7 Å². The second kappa shape index (κ2) is 8.04. The molecule has 0 aliphatic heterocycles. The zero-order valence-electron chi connectivity index (χ0n) is 16.8. The van der Waals surface area contributed by atoms with Crippen LogP contribution in [-0.4, -0.2) is 18.2 Å². The Morgan fingerprint density at radius 2 is 1.89 bits per heavy atom. The number of hydrogen-bond acceptors (Lipinski definition) is 3. The van der Waals surface area contributed by atoms with Gasteiger partial charge in [-0.2, -0.15) is 0 Å². The fourth-order valence-corrected chi connectivity index (χ4v) is 4.21. The summed E-state index contributed by atoms with van der Waals surface area (Å²) in [5.41, 5.74) is 8.60. The highest BCUT2D eigenvalue weighted by Crippen LogP contribution is 2.53. The number of ether oxygens (including phenoxy) is 1. The first-order chi connectivity index (χ1) is 13.2. The molecule has 0 bridgehead atoms. The van der Waals surface area contributed by atoms with E-state index in [0.717, 1.165) is 35.5 Å². The third kappa shape index (κ3) is 4.61. The zero-order chi connectivity index (χ0) is 20.4. The Morgan fingerprint density at radius 1 is 1.21 bits per heavy atom. The molecule has 150 valence electrons. The van der Waals surface area contributed by atoms with Gasteiger partial charge in [-0.25, -0.2) is 4.79 Å². The van der Waals surface area contributed by atoms with Gasteiger partial charge in [-0.3, -0.25) is 0 Å². The summed E-state index contributed by atoms with van der Waals surface area (Å²) in [5, 5.41) is 3.71. The van der Waals surface area contributed by atoms with Crippen LogP contribution in [0.2, 0.25) is 5.02 Å². The minimum atomic E-state index is -0.527. The van der Waals surface area contributed by atoms with Crippen LogP contribution in [0.25, 0.3) is 0 Å². The Kier molecular flexibility index (Phi) is 5.90. The highest BCUT2D eigenvalue weighted by atomic mass is 35.5. The molecule has 3 rings (SSSR count). The van der Waals surface area contributed by atoms with Gasteiger partial charge in [-0.15, -0.1) is 0 Å². The SMILES string of the molecule is CC(C)(C)OC(=O)NCC(c1cccc(N)c1)C1(c2ccc(Cl)cc2)CCC1. The van der Waals surface area contributed by atoms with Crippen molar-refractivity contribution in [3.05, 3.63) is 64.7 Å². The van der Waals surface area contributed by atoms with Gasteiger partial charge in [-0.05, 0) is 69.0 Å². The molecule has 0 spiro atoms. The molecular formula is C23H29ClN2O2. The van der Waals surface area contributed by atoms with Crippen molar-refractivity contribution in [2.24, 2.45) is 0 Å². The van der Waals surface area contributed by atoms with Gasteiger partial charge in [0.2, 0.25) is 0 Å². The highest BCUT2D eigenvalue weighted by molar-refractivity contribution is 6.30. The largest absolute Gasteiger partial charge is 0.444 e. The number of nitrogen functional groups attached to an aromatic ring is 1. The molecule has 28 heavy (non-hydrogen) atoms. The van der Waals surface area contributed by atoms with Crippen molar-refractivity contribution >= 4 is 23.4 Å². The number of hydrogen-bond donors (Lipinski definition) is 2. The molecule has 1 unspecified atom stereocenters. The quantitative estimate of drug-likeness (QED) is 0.637. The maximum Gasteiger partial charge on any atom is 0.407 e. The molecule has 2 aromatic carbocycles. The Balaban J connectivity index is 1.91. The first-order valence-corrected chi connectivity index (χ1v) is 10.2. The van der Waals surface area contributed by atoms with Crippen LogP contribution >= 0.6 is 11.6 Å². The van der Waals surface area contributed by atoms with Crippen LogP contribution in [0.4, 0.5) is 10.5 Å². The first-order valence-electron chi connectivity index (χ1n) is 9.78. The Morgan fingerprint density at radius 3 is 2.43 bits per heavy atom. The van der Waals surface area contributed by atoms with Crippen LogP contribution in [0.3, 0.4) is 0 Å². The lowest BCUT2D eigenvalue weighted by atomic mass is 9.56. The zero-order valence-corrected chi connectivity index (χ0v) is 17.6. The fraction of sp³-hybridized carbons (Fsp3) is 0.435. The minimum Gasteiger partial charge on any atom is -0.444 e. The van der Waals surface area contributed by atoms with Gasteiger partial charge in [0.25, 0.3) is 0 Å². The summed E-state index contributed by atoms with van der Waals surface area (Å²) >= 11 is 6.11. The lowest BCUT2D eigenvalue weighted by Crippen LogP contribution is -2.46. The summed E-state index contributed by atoms with van der Waals surface area (Å²) in [4.78, 5) is 12.3. The number of carbonyl (C=O) groups is 1. The Hall–Kier alpha value is -2.20. The predicted molar refractivity (Wildman–Crippen MR) is 115 cm³/mol. The van der Waals surface area contributed by atoms with Crippen molar-refractivity contribution in [1.29, 1.82) is 0 Å². The molecule has 1 amide bonds. The summed E-state index contributed by atoms with van der Waals surface area (Å²) in [6.07, 6.45) is 2.88. The molecule has 1 fully saturated rings. The molecule has 0 aromatic heterocycles. The summed E-state index contributed by atoms with van der Waals surface area (Å²) in [5.74, 6) is 0.0958. The average Bonchev–Trinajstić information content (AvgIpc) is 2.56. The molecular weight excluding hydrogens is 372 g/mol. The summed E-state index contributed by atoms with van der Waals surface area (Å²) < 4.78 is 5.44. The molecule has 1 aliphatic carbocycles. The van der Waals surface area contributed by atoms with Crippen molar-refractivity contribution < 1.29 is 9.53 Å². The number of alkyl carbamates (subject to hydrolysis) is 1. The van der Waals surface area contributed by atoms with E-state index in [-0.39, 0.29) is 11.3 Å². The van der Waals surface area contributed by atoms with Crippen LogP contribution in [0, 0.1) is 0 Å². The van der Waals surface area contributed by atoms with Crippen molar-refractivity contribution in [3.8, 4) is 0 Å². The number of rotatable bonds is 5. The fourth-order valence-electron chi connectivity index (χ4n) is 4.09. The number of amides is 1. The van der Waals surface area contributed by atoms with Gasteiger partial charge >= 0.3 is 6.09 Å². The summed E-state index contributed by atoms with van der Waals surface area (Å²) in [6.45, 7) is 6.08. The third-order valence-corrected chi connectivity index (χ3v) is 5.75. The summed E-state index contributed by atoms with van der Waals surface area (Å²) in [7, 11) is 0. The van der Waals surface area contributed by atoms with Gasteiger partial charge in [0.15, 0.2) is 0 Å². The molecule has 3 N–H and O–H groups in total. The molecule has 4 nitrogen and oxygen atoms in total. The number of carbonyl (C=O) groups excluding carboxylic acids is 1. The van der Waals surface area contributed by atoms with Crippen molar-refractivity contribution in [2.75, 3.05) is 12.3 Å². The molecule has 1 atom stereocenters. The van der Waals surface area contributed by atoms with Gasteiger partial charge in [0.1, 0.15) is 5.60 Å². The van der Waals surface area contributed by atoms with Gasteiger partial charge in [-0.1, -0.05) is 42.3 Å². The average molecular weight is 401 g/mol. The van der Waals surface area contributed by atoms with E-state index in [1.807, 2.05) is 51.1 Å². The molecule has 2 aromatic rings. The lowest BCUT2D eigenvalue weighted by molar-refractivity contribution is 0.0511. The molecule has 0 radical (unpaired) electrons. The number of benzene rings is 2. The number of anilines is 1. The van der Waals surface area contributed by atoms with E-state index in [4.69, 9.17) is 22.1 Å². The van der Waals surface area contributed by atoms with Gasteiger partial charge in [0, 0.05) is 28.6 Å². The highest BCUT2D eigenvalue weighted by Gasteiger charge is 2.46. The summed E-state index contributed by atoms with van der Waals surface area (Å²) in [6, 6.07) is 16.0. The van der Waals surface area contributed by atoms with E-state index in [2.05, 4.69) is 23.5 Å². The topological polar surface area (TPSA) is 64.3 Å². The van der Waals surface area contributed by atoms with E-state index in [1.165, 1.54) is 5.56 Å². The van der Waals surface area contributed by atoms with Crippen LogP contribution in [0.1, 0.15) is 57.1 Å². The lowest BCUT2D eigenvalue weighted by Gasteiger charge is -2.49. The number of halogens is 1. The Bertz CT molecular complexity index is 823. The van der Waals surface area contributed by atoms with E-state index in [9.17, 15) is 4.79 Å². The van der Waals surface area contributed by atoms with E-state index in [0.29, 0.717) is 6.54 Å². The van der Waals surface area contributed by atoms with Crippen LogP contribution in [0.15, 0.2) is 48.5 Å².